The molecule has 1 aromatic heterocycles. The van der Waals surface area contributed by atoms with Gasteiger partial charge in [0.25, 0.3) is 0 Å². The van der Waals surface area contributed by atoms with E-state index in [9.17, 15) is 10.2 Å². The molecule has 1 fully saturated rings. The molecule has 0 aliphatic carbocycles. The molecule has 1 aliphatic rings. The second kappa shape index (κ2) is 6.13. The maximum Gasteiger partial charge on any atom is 0.0938 e. The highest BCUT2D eigenvalue weighted by atomic mass is 16.3. The van der Waals surface area contributed by atoms with Crippen LogP contribution < -0.4 is 5.32 Å². The highest BCUT2D eigenvalue weighted by Gasteiger charge is 2.29. The largest absolute Gasteiger partial charge is 0.389 e. The summed E-state index contributed by atoms with van der Waals surface area (Å²) in [6.07, 6.45) is 1.61. The van der Waals surface area contributed by atoms with E-state index in [-0.39, 0.29) is 0 Å². The summed E-state index contributed by atoms with van der Waals surface area (Å²) < 4.78 is 0. The van der Waals surface area contributed by atoms with Crippen LogP contribution in [-0.4, -0.2) is 51.9 Å². The Balaban J connectivity index is 1.93. The van der Waals surface area contributed by atoms with Crippen LogP contribution in [0.2, 0.25) is 0 Å². The average Bonchev–Trinajstić information content (AvgIpc) is 2.66. The minimum Gasteiger partial charge on any atom is -0.389 e. The van der Waals surface area contributed by atoms with Crippen LogP contribution in [0.4, 0.5) is 5.69 Å². The maximum atomic E-state index is 9.49. The zero-order valence-electron chi connectivity index (χ0n) is 10.7. The number of aromatic nitrogens is 1. The molecule has 0 amide bonds. The Morgan fingerprint density at radius 2 is 2.11 bits per heavy atom. The first-order chi connectivity index (χ1) is 8.69. The standard InChI is InChI=1S/C13H21N3O2/c1-2-4-14-10-3-5-15-11(6-10)7-16-8-12(17)13(18)9-16/h3,5-6,12-13,17-18H,2,4,7-9H2,1H3,(H,14,15). The first-order valence-corrected chi connectivity index (χ1v) is 6.46. The van der Waals surface area contributed by atoms with E-state index in [1.54, 1.807) is 6.20 Å². The van der Waals surface area contributed by atoms with Gasteiger partial charge in [-0.15, -0.1) is 0 Å². The molecule has 1 aliphatic heterocycles. The highest BCUT2D eigenvalue weighted by Crippen LogP contribution is 2.15. The molecule has 1 saturated heterocycles. The molecule has 0 aromatic carbocycles. The summed E-state index contributed by atoms with van der Waals surface area (Å²) in [6.45, 7) is 4.76. The third-order valence-electron chi connectivity index (χ3n) is 3.12. The number of aliphatic hydroxyl groups excluding tert-OH is 2. The second-order valence-corrected chi connectivity index (χ2v) is 4.79. The molecule has 18 heavy (non-hydrogen) atoms. The molecule has 0 radical (unpaired) electrons. The Morgan fingerprint density at radius 1 is 1.39 bits per heavy atom. The summed E-state index contributed by atoms with van der Waals surface area (Å²) in [6, 6.07) is 3.97. The van der Waals surface area contributed by atoms with Crippen molar-refractivity contribution in [3.05, 3.63) is 24.0 Å². The first kappa shape index (κ1) is 13.3. The zero-order valence-corrected chi connectivity index (χ0v) is 10.7. The number of anilines is 1. The Hall–Kier alpha value is -1.17. The van der Waals surface area contributed by atoms with Crippen molar-refractivity contribution < 1.29 is 10.2 Å². The smallest absolute Gasteiger partial charge is 0.0938 e. The summed E-state index contributed by atoms with van der Waals surface area (Å²) in [5, 5.41) is 22.3. The fourth-order valence-electron chi connectivity index (χ4n) is 2.15. The van der Waals surface area contributed by atoms with E-state index in [2.05, 4.69) is 17.2 Å². The number of hydrogen-bond acceptors (Lipinski definition) is 5. The van der Waals surface area contributed by atoms with E-state index < -0.39 is 12.2 Å². The van der Waals surface area contributed by atoms with Gasteiger partial charge >= 0.3 is 0 Å². The topological polar surface area (TPSA) is 68.6 Å². The van der Waals surface area contributed by atoms with Gasteiger partial charge in [-0.25, -0.2) is 0 Å². The summed E-state index contributed by atoms with van der Waals surface area (Å²) in [5.74, 6) is 0. The van der Waals surface area contributed by atoms with Crippen LogP contribution in [0.3, 0.4) is 0 Å². The minimum absolute atomic E-state index is 0.509. The molecule has 100 valence electrons. The molecule has 5 nitrogen and oxygen atoms in total. The Bertz CT molecular complexity index is 376. The van der Waals surface area contributed by atoms with Crippen LogP contribution in [0.15, 0.2) is 18.3 Å². The molecular formula is C13H21N3O2. The van der Waals surface area contributed by atoms with Gasteiger partial charge in [-0.05, 0) is 18.6 Å². The van der Waals surface area contributed by atoms with Crippen LogP contribution in [0.5, 0.6) is 0 Å². The second-order valence-electron chi connectivity index (χ2n) is 4.79. The number of nitrogens with zero attached hydrogens (tertiary/aromatic N) is 2. The van der Waals surface area contributed by atoms with E-state index >= 15 is 0 Å². The Kier molecular flexibility index (Phi) is 4.52. The van der Waals surface area contributed by atoms with E-state index in [0.29, 0.717) is 19.6 Å². The Labute approximate surface area is 107 Å². The van der Waals surface area contributed by atoms with Crippen LogP contribution in [-0.2, 0) is 6.54 Å². The van der Waals surface area contributed by atoms with Crippen molar-refractivity contribution >= 4 is 5.69 Å². The van der Waals surface area contributed by atoms with Gasteiger partial charge in [-0.3, -0.25) is 9.88 Å². The molecule has 5 heteroatoms. The molecule has 2 atom stereocenters. The fourth-order valence-corrected chi connectivity index (χ4v) is 2.15. The van der Waals surface area contributed by atoms with Crippen molar-refractivity contribution in [1.82, 2.24) is 9.88 Å². The van der Waals surface area contributed by atoms with Gasteiger partial charge in [0.15, 0.2) is 0 Å². The predicted octanol–water partition coefficient (Wildman–Crippen LogP) is 0.441. The number of pyridine rings is 1. The molecule has 0 bridgehead atoms. The molecule has 2 heterocycles. The lowest BCUT2D eigenvalue weighted by molar-refractivity contribution is 0.0572. The van der Waals surface area contributed by atoms with Crippen molar-refractivity contribution in [3.63, 3.8) is 0 Å². The van der Waals surface area contributed by atoms with Crippen molar-refractivity contribution in [2.75, 3.05) is 25.0 Å². The van der Waals surface area contributed by atoms with Gasteiger partial charge in [-0.1, -0.05) is 6.92 Å². The molecule has 2 rings (SSSR count). The molecule has 0 saturated carbocycles. The van der Waals surface area contributed by atoms with Gasteiger partial charge in [0.05, 0.1) is 17.9 Å². The lowest BCUT2D eigenvalue weighted by Gasteiger charge is -2.14. The van der Waals surface area contributed by atoms with Gasteiger partial charge in [0.2, 0.25) is 0 Å². The van der Waals surface area contributed by atoms with Gasteiger partial charge in [0, 0.05) is 38.1 Å². The number of rotatable bonds is 5. The maximum absolute atomic E-state index is 9.49. The monoisotopic (exact) mass is 251 g/mol. The molecular weight excluding hydrogens is 230 g/mol. The van der Waals surface area contributed by atoms with E-state index in [4.69, 9.17) is 0 Å². The van der Waals surface area contributed by atoms with Crippen molar-refractivity contribution in [2.24, 2.45) is 0 Å². The number of β-amino-alcohol motifs (C(OH)–C–C–N with tert-alkyl or cyclic N) is 2. The molecule has 0 spiro atoms. The van der Waals surface area contributed by atoms with E-state index in [1.807, 2.05) is 17.0 Å². The quantitative estimate of drug-likeness (QED) is 0.708. The van der Waals surface area contributed by atoms with E-state index in [1.165, 1.54) is 0 Å². The number of aliphatic hydroxyl groups is 2. The summed E-state index contributed by atoms with van der Waals surface area (Å²) in [7, 11) is 0. The normalized spacial score (nSPS) is 24.4. The van der Waals surface area contributed by atoms with Crippen molar-refractivity contribution in [3.8, 4) is 0 Å². The van der Waals surface area contributed by atoms with Crippen LogP contribution in [0, 0.1) is 0 Å². The third kappa shape index (κ3) is 3.41. The average molecular weight is 251 g/mol. The van der Waals surface area contributed by atoms with Crippen LogP contribution in [0.25, 0.3) is 0 Å². The molecule has 2 unspecified atom stereocenters. The van der Waals surface area contributed by atoms with Gasteiger partial charge < -0.3 is 15.5 Å². The Morgan fingerprint density at radius 3 is 2.78 bits per heavy atom. The zero-order chi connectivity index (χ0) is 13.0. The van der Waals surface area contributed by atoms with Crippen molar-refractivity contribution in [1.29, 1.82) is 0 Å². The summed E-state index contributed by atoms with van der Waals surface area (Å²) >= 11 is 0. The van der Waals surface area contributed by atoms with Crippen LogP contribution >= 0.6 is 0 Å². The van der Waals surface area contributed by atoms with Gasteiger partial charge in [-0.2, -0.15) is 0 Å². The molecule has 3 N–H and O–H groups in total. The lowest BCUT2D eigenvalue weighted by Crippen LogP contribution is -2.22. The summed E-state index contributed by atoms with van der Waals surface area (Å²) in [4.78, 5) is 6.33. The lowest BCUT2D eigenvalue weighted by atomic mass is 10.3. The third-order valence-corrected chi connectivity index (χ3v) is 3.12. The van der Waals surface area contributed by atoms with Crippen molar-refractivity contribution in [2.45, 2.75) is 32.1 Å². The SMILES string of the molecule is CCCNc1ccnc(CN2CC(O)C(O)C2)c1. The predicted molar refractivity (Wildman–Crippen MR) is 70.3 cm³/mol. The molecule has 1 aromatic rings. The van der Waals surface area contributed by atoms with Gasteiger partial charge in [0.1, 0.15) is 0 Å². The minimum atomic E-state index is -0.633. The number of likely N-dealkylation sites (tertiary alicyclic amines) is 1. The van der Waals surface area contributed by atoms with Crippen LogP contribution in [0.1, 0.15) is 19.0 Å². The fraction of sp³-hybridized carbons (Fsp3) is 0.615. The summed E-state index contributed by atoms with van der Waals surface area (Å²) in [5.41, 5.74) is 2.03. The number of hydrogen-bond donors (Lipinski definition) is 3. The number of nitrogens with one attached hydrogen (secondary N) is 1. The highest BCUT2D eigenvalue weighted by molar-refractivity contribution is 5.43. The first-order valence-electron chi connectivity index (χ1n) is 6.46. The van der Waals surface area contributed by atoms with E-state index in [0.717, 1.165) is 24.3 Å².